The molecular weight excluding hydrogens is 398 g/mol. The Bertz CT molecular complexity index is 655. The second kappa shape index (κ2) is 9.58. The monoisotopic (exact) mass is 423 g/mol. The first kappa shape index (κ1) is 20.2. The van der Waals surface area contributed by atoms with Crippen molar-refractivity contribution in [3.05, 3.63) is 64.1 Å². The van der Waals surface area contributed by atoms with Gasteiger partial charge in [0.1, 0.15) is 0 Å². The van der Waals surface area contributed by atoms with Crippen molar-refractivity contribution in [1.82, 2.24) is 4.90 Å². The summed E-state index contributed by atoms with van der Waals surface area (Å²) in [6, 6.07) is 17.6. The molecule has 2 aromatic carbocycles. The summed E-state index contributed by atoms with van der Waals surface area (Å²) in [5, 5.41) is 0. The molecule has 1 unspecified atom stereocenters. The van der Waals surface area contributed by atoms with Crippen LogP contribution in [0.3, 0.4) is 0 Å². The van der Waals surface area contributed by atoms with Crippen LogP contribution in [0.2, 0.25) is 0 Å². The molecular formula is C20H27BrClN3. The number of hydrogen-bond donors (Lipinski definition) is 1. The molecule has 0 amide bonds. The molecule has 2 N–H and O–H groups in total. The number of benzene rings is 2. The molecule has 1 aliphatic rings. The van der Waals surface area contributed by atoms with Crippen LogP contribution in [0.5, 0.6) is 0 Å². The van der Waals surface area contributed by atoms with E-state index in [4.69, 9.17) is 5.73 Å². The number of anilines is 1. The molecule has 136 valence electrons. The van der Waals surface area contributed by atoms with Crippen molar-refractivity contribution < 1.29 is 0 Å². The van der Waals surface area contributed by atoms with Crippen molar-refractivity contribution in [2.45, 2.75) is 25.9 Å². The van der Waals surface area contributed by atoms with E-state index in [1.165, 1.54) is 21.3 Å². The maximum Gasteiger partial charge on any atom is 0.0378 e. The summed E-state index contributed by atoms with van der Waals surface area (Å²) in [7, 11) is 0. The average Bonchev–Trinajstić information content (AvgIpc) is 2.58. The third-order valence-electron chi connectivity index (χ3n) is 4.56. The smallest absolute Gasteiger partial charge is 0.0378 e. The van der Waals surface area contributed by atoms with Crippen LogP contribution < -0.4 is 10.6 Å². The van der Waals surface area contributed by atoms with E-state index in [2.05, 4.69) is 74.3 Å². The summed E-state index contributed by atoms with van der Waals surface area (Å²) in [4.78, 5) is 5.01. The molecule has 0 saturated carbocycles. The standard InChI is InChI=1S/C20H26BrN3.ClH/c1-16(22)13-18-7-8-19(14-20(18)21)24-11-9-23(10-12-24)15-17-5-3-2-4-6-17;/h2-8,14,16H,9-13,15,22H2,1H3;1H. The molecule has 25 heavy (non-hydrogen) atoms. The highest BCUT2D eigenvalue weighted by Gasteiger charge is 2.18. The lowest BCUT2D eigenvalue weighted by atomic mass is 10.1. The highest BCUT2D eigenvalue weighted by atomic mass is 79.9. The zero-order valence-corrected chi connectivity index (χ0v) is 17.1. The zero-order valence-electron chi connectivity index (χ0n) is 14.7. The first-order valence-electron chi connectivity index (χ1n) is 8.67. The normalized spacial score (nSPS) is 16.4. The van der Waals surface area contributed by atoms with E-state index in [1.807, 2.05) is 6.92 Å². The van der Waals surface area contributed by atoms with Crippen molar-refractivity contribution in [3.63, 3.8) is 0 Å². The van der Waals surface area contributed by atoms with E-state index in [1.54, 1.807) is 0 Å². The largest absolute Gasteiger partial charge is 0.369 e. The van der Waals surface area contributed by atoms with Gasteiger partial charge in [-0.05, 0) is 36.6 Å². The van der Waals surface area contributed by atoms with E-state index >= 15 is 0 Å². The number of rotatable bonds is 5. The highest BCUT2D eigenvalue weighted by molar-refractivity contribution is 9.10. The van der Waals surface area contributed by atoms with Crippen molar-refractivity contribution in [1.29, 1.82) is 0 Å². The summed E-state index contributed by atoms with van der Waals surface area (Å²) in [6.07, 6.45) is 0.908. The molecule has 2 aromatic rings. The fourth-order valence-electron chi connectivity index (χ4n) is 3.25. The average molecular weight is 425 g/mol. The van der Waals surface area contributed by atoms with Gasteiger partial charge in [0.2, 0.25) is 0 Å². The lowest BCUT2D eigenvalue weighted by Gasteiger charge is -2.36. The Balaban J connectivity index is 0.00000225. The van der Waals surface area contributed by atoms with Gasteiger partial charge in [0.25, 0.3) is 0 Å². The second-order valence-electron chi connectivity index (χ2n) is 6.71. The van der Waals surface area contributed by atoms with Crippen molar-refractivity contribution in [3.8, 4) is 0 Å². The Morgan fingerprint density at radius 2 is 1.72 bits per heavy atom. The summed E-state index contributed by atoms with van der Waals surface area (Å²) in [6.45, 7) is 7.46. The van der Waals surface area contributed by atoms with Crippen molar-refractivity contribution in [2.75, 3.05) is 31.1 Å². The Morgan fingerprint density at radius 3 is 2.32 bits per heavy atom. The predicted octanol–water partition coefficient (Wildman–Crippen LogP) is 4.08. The van der Waals surface area contributed by atoms with Gasteiger partial charge in [-0.2, -0.15) is 0 Å². The summed E-state index contributed by atoms with van der Waals surface area (Å²) >= 11 is 3.71. The summed E-state index contributed by atoms with van der Waals surface area (Å²) < 4.78 is 1.17. The Kier molecular flexibility index (Phi) is 7.76. The van der Waals surface area contributed by atoms with Crippen LogP contribution in [-0.4, -0.2) is 37.1 Å². The van der Waals surface area contributed by atoms with Gasteiger partial charge in [0.05, 0.1) is 0 Å². The summed E-state index contributed by atoms with van der Waals surface area (Å²) in [5.41, 5.74) is 9.90. The minimum absolute atomic E-state index is 0. The van der Waals surface area contributed by atoms with Gasteiger partial charge >= 0.3 is 0 Å². The van der Waals surface area contributed by atoms with Crippen LogP contribution in [-0.2, 0) is 13.0 Å². The van der Waals surface area contributed by atoms with E-state index < -0.39 is 0 Å². The van der Waals surface area contributed by atoms with Crippen LogP contribution >= 0.6 is 28.3 Å². The molecule has 1 fully saturated rings. The summed E-state index contributed by atoms with van der Waals surface area (Å²) in [5.74, 6) is 0. The van der Waals surface area contributed by atoms with Gasteiger partial charge in [-0.15, -0.1) is 12.4 Å². The van der Waals surface area contributed by atoms with Crippen LogP contribution in [0.15, 0.2) is 53.0 Å². The molecule has 0 aromatic heterocycles. The molecule has 1 heterocycles. The number of hydrogen-bond acceptors (Lipinski definition) is 3. The topological polar surface area (TPSA) is 32.5 Å². The van der Waals surface area contributed by atoms with Gasteiger partial charge in [0.15, 0.2) is 0 Å². The lowest BCUT2D eigenvalue weighted by Crippen LogP contribution is -2.46. The third-order valence-corrected chi connectivity index (χ3v) is 5.30. The predicted molar refractivity (Wildman–Crippen MR) is 113 cm³/mol. The van der Waals surface area contributed by atoms with Crippen LogP contribution in [0.25, 0.3) is 0 Å². The molecule has 0 aliphatic carbocycles. The minimum Gasteiger partial charge on any atom is -0.369 e. The molecule has 3 rings (SSSR count). The molecule has 0 spiro atoms. The Labute approximate surface area is 165 Å². The molecule has 1 saturated heterocycles. The molecule has 1 aliphatic heterocycles. The van der Waals surface area contributed by atoms with Crippen LogP contribution in [0.4, 0.5) is 5.69 Å². The fraction of sp³-hybridized carbons (Fsp3) is 0.400. The van der Waals surface area contributed by atoms with Crippen molar-refractivity contribution >= 4 is 34.0 Å². The van der Waals surface area contributed by atoms with Gasteiger partial charge in [-0.1, -0.05) is 52.3 Å². The van der Waals surface area contributed by atoms with Crippen LogP contribution in [0.1, 0.15) is 18.1 Å². The quantitative estimate of drug-likeness (QED) is 0.785. The third kappa shape index (κ3) is 5.71. The van der Waals surface area contributed by atoms with Gasteiger partial charge < -0.3 is 10.6 Å². The maximum atomic E-state index is 5.92. The minimum atomic E-state index is 0. The van der Waals surface area contributed by atoms with Gasteiger partial charge in [-0.3, -0.25) is 4.90 Å². The van der Waals surface area contributed by atoms with E-state index in [0.717, 1.165) is 39.1 Å². The number of piperazine rings is 1. The first-order chi connectivity index (χ1) is 11.6. The van der Waals surface area contributed by atoms with Gasteiger partial charge in [0, 0.05) is 48.9 Å². The number of halogens is 2. The second-order valence-corrected chi connectivity index (χ2v) is 7.56. The van der Waals surface area contributed by atoms with Gasteiger partial charge in [-0.25, -0.2) is 0 Å². The number of nitrogens with zero attached hydrogens (tertiary/aromatic N) is 2. The van der Waals surface area contributed by atoms with E-state index in [-0.39, 0.29) is 18.4 Å². The molecule has 0 radical (unpaired) electrons. The Hall–Kier alpha value is -1.07. The Morgan fingerprint density at radius 1 is 1.04 bits per heavy atom. The van der Waals surface area contributed by atoms with E-state index in [0.29, 0.717) is 0 Å². The molecule has 3 nitrogen and oxygen atoms in total. The molecule has 0 bridgehead atoms. The maximum absolute atomic E-state index is 5.92. The fourth-order valence-corrected chi connectivity index (χ4v) is 3.78. The molecule has 1 atom stereocenters. The lowest BCUT2D eigenvalue weighted by molar-refractivity contribution is 0.250. The SMILES string of the molecule is CC(N)Cc1ccc(N2CCN(Cc3ccccc3)CC2)cc1Br.Cl. The highest BCUT2D eigenvalue weighted by Crippen LogP contribution is 2.26. The number of nitrogens with two attached hydrogens (primary N) is 1. The molecule has 5 heteroatoms. The first-order valence-corrected chi connectivity index (χ1v) is 9.46. The van der Waals surface area contributed by atoms with Crippen molar-refractivity contribution in [2.24, 2.45) is 5.73 Å². The van der Waals surface area contributed by atoms with Crippen LogP contribution in [0, 0.1) is 0 Å². The zero-order chi connectivity index (χ0) is 16.9. The van der Waals surface area contributed by atoms with E-state index in [9.17, 15) is 0 Å².